The Morgan fingerprint density at radius 2 is 2.20 bits per heavy atom. The SMILES string of the molecule is CC(C)(C)[C@H]1COC(N)=N1. The molecule has 3 nitrogen and oxygen atoms in total. The van der Waals surface area contributed by atoms with Crippen LogP contribution in [0.25, 0.3) is 0 Å². The second-order valence-electron chi connectivity index (χ2n) is 3.66. The molecule has 0 spiro atoms. The Bertz CT molecular complexity index is 157. The third-order valence-electron chi connectivity index (χ3n) is 1.67. The van der Waals surface area contributed by atoms with Crippen molar-refractivity contribution in [2.45, 2.75) is 26.8 Å². The van der Waals surface area contributed by atoms with E-state index in [0.29, 0.717) is 12.6 Å². The van der Waals surface area contributed by atoms with E-state index < -0.39 is 0 Å². The molecule has 1 aliphatic rings. The van der Waals surface area contributed by atoms with E-state index in [4.69, 9.17) is 10.5 Å². The van der Waals surface area contributed by atoms with Gasteiger partial charge in [0.05, 0.1) is 6.04 Å². The predicted octanol–water partition coefficient (Wildman–Crippen LogP) is 0.746. The highest BCUT2D eigenvalue weighted by atomic mass is 16.5. The summed E-state index contributed by atoms with van der Waals surface area (Å²) in [4.78, 5) is 4.13. The normalized spacial score (nSPS) is 25.9. The number of aliphatic imine (C=N–C) groups is 1. The van der Waals surface area contributed by atoms with Gasteiger partial charge in [-0.2, -0.15) is 0 Å². The highest BCUT2D eigenvalue weighted by molar-refractivity contribution is 5.73. The fourth-order valence-corrected chi connectivity index (χ4v) is 0.836. The molecule has 0 aliphatic carbocycles. The monoisotopic (exact) mass is 142 g/mol. The molecule has 58 valence electrons. The molecule has 0 saturated heterocycles. The lowest BCUT2D eigenvalue weighted by molar-refractivity contribution is 0.234. The molecule has 0 aromatic heterocycles. The molecule has 1 rings (SSSR count). The first-order valence-electron chi connectivity index (χ1n) is 3.46. The Kier molecular flexibility index (Phi) is 1.58. The van der Waals surface area contributed by atoms with Crippen LogP contribution in [0.1, 0.15) is 20.8 Å². The molecule has 0 aromatic carbocycles. The molecule has 0 amide bonds. The van der Waals surface area contributed by atoms with E-state index in [1.807, 2.05) is 0 Å². The van der Waals surface area contributed by atoms with Gasteiger partial charge in [0.25, 0.3) is 6.02 Å². The zero-order valence-electron chi connectivity index (χ0n) is 6.72. The minimum Gasteiger partial charge on any atom is -0.463 e. The van der Waals surface area contributed by atoms with Crippen molar-refractivity contribution in [2.75, 3.05) is 6.61 Å². The quantitative estimate of drug-likeness (QED) is 0.542. The van der Waals surface area contributed by atoms with Gasteiger partial charge in [-0.25, -0.2) is 4.99 Å². The van der Waals surface area contributed by atoms with E-state index in [9.17, 15) is 0 Å². The summed E-state index contributed by atoms with van der Waals surface area (Å²) in [5, 5.41) is 0. The van der Waals surface area contributed by atoms with Crippen molar-refractivity contribution in [1.82, 2.24) is 0 Å². The number of amidine groups is 1. The second-order valence-corrected chi connectivity index (χ2v) is 3.66. The van der Waals surface area contributed by atoms with Crippen molar-refractivity contribution in [2.24, 2.45) is 16.1 Å². The number of rotatable bonds is 0. The van der Waals surface area contributed by atoms with Crippen LogP contribution in [-0.4, -0.2) is 18.7 Å². The summed E-state index contributed by atoms with van der Waals surface area (Å²) in [6.07, 6.45) is 0. The Morgan fingerprint density at radius 3 is 2.40 bits per heavy atom. The topological polar surface area (TPSA) is 47.6 Å². The zero-order chi connectivity index (χ0) is 7.78. The van der Waals surface area contributed by atoms with E-state index in [1.165, 1.54) is 0 Å². The van der Waals surface area contributed by atoms with Crippen LogP contribution in [-0.2, 0) is 4.74 Å². The maximum atomic E-state index is 5.35. The maximum Gasteiger partial charge on any atom is 0.282 e. The van der Waals surface area contributed by atoms with E-state index in [0.717, 1.165) is 0 Å². The van der Waals surface area contributed by atoms with Gasteiger partial charge in [-0.1, -0.05) is 20.8 Å². The summed E-state index contributed by atoms with van der Waals surface area (Å²) in [7, 11) is 0. The van der Waals surface area contributed by atoms with Gasteiger partial charge < -0.3 is 10.5 Å². The Balaban J connectivity index is 2.61. The molecular weight excluding hydrogens is 128 g/mol. The van der Waals surface area contributed by atoms with Crippen molar-refractivity contribution in [3.05, 3.63) is 0 Å². The maximum absolute atomic E-state index is 5.35. The number of ether oxygens (including phenoxy) is 1. The average Bonchev–Trinajstić information content (AvgIpc) is 2.11. The largest absolute Gasteiger partial charge is 0.463 e. The highest BCUT2D eigenvalue weighted by Crippen LogP contribution is 2.24. The van der Waals surface area contributed by atoms with Crippen LogP contribution in [0.2, 0.25) is 0 Å². The smallest absolute Gasteiger partial charge is 0.282 e. The van der Waals surface area contributed by atoms with Crippen molar-refractivity contribution in [3.8, 4) is 0 Å². The zero-order valence-corrected chi connectivity index (χ0v) is 6.72. The lowest BCUT2D eigenvalue weighted by Gasteiger charge is -2.21. The van der Waals surface area contributed by atoms with Gasteiger partial charge in [-0.05, 0) is 5.41 Å². The van der Waals surface area contributed by atoms with Gasteiger partial charge in [-0.3, -0.25) is 0 Å². The van der Waals surface area contributed by atoms with Gasteiger partial charge >= 0.3 is 0 Å². The molecular formula is C7H14N2O. The van der Waals surface area contributed by atoms with Crippen molar-refractivity contribution >= 4 is 6.02 Å². The first-order valence-corrected chi connectivity index (χ1v) is 3.46. The van der Waals surface area contributed by atoms with Crippen LogP contribution >= 0.6 is 0 Å². The number of nitrogens with two attached hydrogens (primary N) is 1. The molecule has 0 saturated carbocycles. The van der Waals surface area contributed by atoms with Crippen LogP contribution in [0.4, 0.5) is 0 Å². The lowest BCUT2D eigenvalue weighted by atomic mass is 9.88. The van der Waals surface area contributed by atoms with Gasteiger partial charge in [0.1, 0.15) is 6.61 Å². The first kappa shape index (κ1) is 7.38. The van der Waals surface area contributed by atoms with E-state index in [-0.39, 0.29) is 11.5 Å². The number of nitrogens with zero attached hydrogens (tertiary/aromatic N) is 1. The van der Waals surface area contributed by atoms with Gasteiger partial charge in [0, 0.05) is 0 Å². The van der Waals surface area contributed by atoms with E-state index in [1.54, 1.807) is 0 Å². The Labute approximate surface area is 61.3 Å². The van der Waals surface area contributed by atoms with Crippen LogP contribution < -0.4 is 5.73 Å². The van der Waals surface area contributed by atoms with Crippen LogP contribution in [0, 0.1) is 5.41 Å². The summed E-state index contributed by atoms with van der Waals surface area (Å²) >= 11 is 0. The summed E-state index contributed by atoms with van der Waals surface area (Å²) in [6.45, 7) is 7.02. The third kappa shape index (κ3) is 1.40. The van der Waals surface area contributed by atoms with Gasteiger partial charge in [-0.15, -0.1) is 0 Å². The molecule has 3 heteroatoms. The fraction of sp³-hybridized carbons (Fsp3) is 0.857. The van der Waals surface area contributed by atoms with Crippen molar-refractivity contribution in [1.29, 1.82) is 0 Å². The molecule has 0 aromatic rings. The molecule has 0 bridgehead atoms. The summed E-state index contributed by atoms with van der Waals surface area (Å²) < 4.78 is 5.02. The Hall–Kier alpha value is -0.730. The summed E-state index contributed by atoms with van der Waals surface area (Å²) in [6, 6.07) is 0.562. The van der Waals surface area contributed by atoms with Crippen LogP contribution in [0.15, 0.2) is 4.99 Å². The molecule has 0 radical (unpaired) electrons. The molecule has 2 N–H and O–H groups in total. The van der Waals surface area contributed by atoms with Gasteiger partial charge in [0.2, 0.25) is 0 Å². The molecule has 10 heavy (non-hydrogen) atoms. The highest BCUT2D eigenvalue weighted by Gasteiger charge is 2.28. The molecule has 1 aliphatic heterocycles. The third-order valence-corrected chi connectivity index (χ3v) is 1.67. The Morgan fingerprint density at radius 1 is 1.60 bits per heavy atom. The van der Waals surface area contributed by atoms with E-state index >= 15 is 0 Å². The van der Waals surface area contributed by atoms with Crippen LogP contribution in [0.5, 0.6) is 0 Å². The minimum atomic E-state index is 0.168. The number of hydrogen-bond acceptors (Lipinski definition) is 3. The average molecular weight is 142 g/mol. The predicted molar refractivity (Wildman–Crippen MR) is 40.8 cm³/mol. The molecule has 1 atom stereocenters. The lowest BCUT2D eigenvalue weighted by Crippen LogP contribution is -2.25. The van der Waals surface area contributed by atoms with Crippen molar-refractivity contribution < 1.29 is 4.74 Å². The fourth-order valence-electron chi connectivity index (χ4n) is 0.836. The van der Waals surface area contributed by atoms with Crippen LogP contribution in [0.3, 0.4) is 0 Å². The first-order chi connectivity index (χ1) is 4.50. The van der Waals surface area contributed by atoms with Gasteiger partial charge in [0.15, 0.2) is 0 Å². The molecule has 0 unspecified atom stereocenters. The van der Waals surface area contributed by atoms with Crippen molar-refractivity contribution in [3.63, 3.8) is 0 Å². The minimum absolute atomic E-state index is 0.168. The summed E-state index contributed by atoms with van der Waals surface area (Å²) in [5.41, 5.74) is 5.52. The second kappa shape index (κ2) is 2.15. The summed E-state index contributed by atoms with van der Waals surface area (Å²) in [5.74, 6) is 0. The number of hydrogen-bond donors (Lipinski definition) is 1. The standard InChI is InChI=1S/C7H14N2O/c1-7(2,3)5-4-10-6(8)9-5/h5H,4H2,1-3H3,(H2,8,9)/t5-/m1/s1. The molecule has 0 fully saturated rings. The van der Waals surface area contributed by atoms with E-state index in [2.05, 4.69) is 25.8 Å². The molecule has 1 heterocycles.